The predicted molar refractivity (Wildman–Crippen MR) is 279 cm³/mol. The molecule has 1 aliphatic carbocycles. The van der Waals surface area contributed by atoms with Crippen molar-refractivity contribution in [3.8, 4) is 23.2 Å². The van der Waals surface area contributed by atoms with E-state index in [4.69, 9.17) is 26.1 Å². The number of pyridine rings is 2. The van der Waals surface area contributed by atoms with Gasteiger partial charge in [-0.1, -0.05) is 60.7 Å². The van der Waals surface area contributed by atoms with Crippen LogP contribution in [0.3, 0.4) is 0 Å². The van der Waals surface area contributed by atoms with Gasteiger partial charge in [0.1, 0.15) is 31.3 Å². The van der Waals surface area contributed by atoms with Gasteiger partial charge in [-0.25, -0.2) is 32.6 Å². The van der Waals surface area contributed by atoms with Crippen molar-refractivity contribution in [2.75, 3.05) is 32.6 Å². The summed E-state index contributed by atoms with van der Waals surface area (Å²) >= 11 is 6.25. The minimum atomic E-state index is -3.55. The van der Waals surface area contributed by atoms with Crippen LogP contribution in [0.1, 0.15) is 78.8 Å². The third kappa shape index (κ3) is 13.8. The van der Waals surface area contributed by atoms with Crippen molar-refractivity contribution in [2.24, 2.45) is 5.92 Å². The molecular formula is C53H54ClFN10O13S. The molecule has 0 radical (unpaired) electrons. The number of ether oxygens (including phenoxy) is 2. The normalized spacial score (nSPS) is 15.9. The molecule has 5 aromatic rings. The number of rotatable bonds is 22. The molecule has 3 aliphatic rings. The SMILES string of the molecule is CC[C@@]1(O)C(=O)OCc2c1cc1n(c2=O)Cc2c-1nc1cc(F)c(Cl)cc1c2CNC(=O)[C@@H](OCNC(=O)CNC(=O)[C@H](Cc1ccccc1)NC(=O)CNC(=O)CNC(=O)CCCC#Cc1cnc(S(C)(=O)=O)nc1)C1CC1. The largest absolute Gasteiger partial charge is 0.458 e. The van der Waals surface area contributed by atoms with E-state index in [9.17, 15) is 56.3 Å². The van der Waals surface area contributed by atoms with Gasteiger partial charge in [-0.15, -0.1) is 0 Å². The average Bonchev–Trinajstić information content (AvgIpc) is 4.30. The maximum Gasteiger partial charge on any atom is 0.343 e. The van der Waals surface area contributed by atoms with E-state index in [2.05, 4.69) is 53.7 Å². The summed E-state index contributed by atoms with van der Waals surface area (Å²) in [5.41, 5.74) is 0.413. The van der Waals surface area contributed by atoms with Gasteiger partial charge >= 0.3 is 5.97 Å². The molecule has 0 bridgehead atoms. The summed E-state index contributed by atoms with van der Waals surface area (Å²) in [4.78, 5) is 117. The maximum atomic E-state index is 14.9. The lowest BCUT2D eigenvalue weighted by molar-refractivity contribution is -0.172. The molecule has 5 heterocycles. The summed E-state index contributed by atoms with van der Waals surface area (Å²) < 4.78 is 50.4. The number of carbonyl (C=O) groups is 7. The van der Waals surface area contributed by atoms with Crippen LogP contribution in [0.4, 0.5) is 4.39 Å². The fourth-order valence-corrected chi connectivity index (χ4v) is 9.56. The van der Waals surface area contributed by atoms with Gasteiger partial charge in [-0.3, -0.25) is 33.6 Å². The van der Waals surface area contributed by atoms with Crippen molar-refractivity contribution >= 4 is 73.8 Å². The van der Waals surface area contributed by atoms with E-state index in [0.29, 0.717) is 53.3 Å². The van der Waals surface area contributed by atoms with Gasteiger partial charge in [0.05, 0.1) is 59.2 Å². The van der Waals surface area contributed by atoms with Gasteiger partial charge in [-0.2, -0.15) is 0 Å². The van der Waals surface area contributed by atoms with Crippen LogP contribution in [-0.2, 0) is 84.6 Å². The van der Waals surface area contributed by atoms with Gasteiger partial charge in [0, 0.05) is 67.0 Å². The van der Waals surface area contributed by atoms with Crippen LogP contribution in [0.2, 0.25) is 5.02 Å². The number of nitrogens with one attached hydrogen (secondary N) is 6. The second-order valence-electron chi connectivity index (χ2n) is 19.0. The van der Waals surface area contributed by atoms with Gasteiger partial charge in [0.2, 0.25) is 50.4 Å². The highest BCUT2D eigenvalue weighted by atomic mass is 35.5. The monoisotopic (exact) mass is 1120 g/mol. The molecule has 0 unspecified atom stereocenters. The van der Waals surface area contributed by atoms with E-state index in [1.54, 1.807) is 37.3 Å². The Bertz CT molecular complexity index is 3500. The third-order valence-corrected chi connectivity index (χ3v) is 14.4. The van der Waals surface area contributed by atoms with Crippen molar-refractivity contribution < 1.29 is 61.0 Å². The Morgan fingerprint density at radius 1 is 0.924 bits per heavy atom. The highest BCUT2D eigenvalue weighted by molar-refractivity contribution is 7.90. The molecule has 2 aromatic carbocycles. The number of unbranched alkanes of at least 4 members (excludes halogenated alkanes) is 1. The van der Waals surface area contributed by atoms with Gasteiger partial charge in [0.25, 0.3) is 5.56 Å². The summed E-state index contributed by atoms with van der Waals surface area (Å²) in [6.07, 6.45) is 4.51. The van der Waals surface area contributed by atoms with Crippen LogP contribution in [0.25, 0.3) is 22.3 Å². The van der Waals surface area contributed by atoms with Gasteiger partial charge < -0.3 is 51.0 Å². The standard InChI is InChI=1S/C53H54ClFN10O13S/c1-3-53(74)36-18-41-46-34(26-65(41)50(72)35(36)27-77-51(53)73)33(32-17-37(54)38(55)19-39(32)64-46)22-58-49(71)47(31-14-15-31)78-28-62-44(68)24-59-48(70)40(16-29-10-6-4-7-11-29)63-45(69)25-57-43(67)23-56-42(66)13-9-5-8-12-30-20-60-52(61-21-30)79(2,75)76/h4,6-7,10-11,17-21,31,40,47,74H,3,5,9,13-16,22-28H2,1-2H3,(H,56,66)(H,57,67)(H,58,71)(H,59,70)(H,62,68)(H,63,69)/t40-,47-,53-/m0/s1. The number of hydrogen-bond donors (Lipinski definition) is 7. The van der Waals surface area contributed by atoms with E-state index < -0.39 is 107 Å². The van der Waals surface area contributed by atoms with Crippen LogP contribution in [0, 0.1) is 23.6 Å². The second kappa shape index (κ2) is 24.7. The van der Waals surface area contributed by atoms with Crippen LogP contribution in [0.15, 0.2) is 70.9 Å². The molecule has 0 saturated heterocycles. The molecule has 6 amide bonds. The van der Waals surface area contributed by atoms with E-state index in [-0.39, 0.29) is 83.1 Å². The van der Waals surface area contributed by atoms with Crippen LogP contribution in [-0.4, -0.2) is 119 Å². The maximum absolute atomic E-state index is 14.9. The molecule has 7 N–H and O–H groups in total. The van der Waals surface area contributed by atoms with Crippen molar-refractivity contribution in [1.82, 2.24) is 51.4 Å². The predicted octanol–water partition coefficient (Wildman–Crippen LogP) is 0.849. The third-order valence-electron chi connectivity index (χ3n) is 13.3. The van der Waals surface area contributed by atoms with Crippen molar-refractivity contribution in [2.45, 2.75) is 94.5 Å². The first-order chi connectivity index (χ1) is 37.7. The number of hydrogen-bond acceptors (Lipinski definition) is 16. The Balaban J connectivity index is 0.811. The van der Waals surface area contributed by atoms with Crippen LogP contribution >= 0.6 is 11.6 Å². The minimum absolute atomic E-state index is 0.0136. The van der Waals surface area contributed by atoms with Crippen LogP contribution < -0.4 is 37.5 Å². The molecule has 26 heteroatoms. The molecule has 3 atom stereocenters. The molecular weight excluding hydrogens is 1070 g/mol. The Labute approximate surface area is 456 Å². The summed E-state index contributed by atoms with van der Waals surface area (Å²) in [5.74, 6) is 0.00234. The molecule has 1 saturated carbocycles. The number of nitrogens with zero attached hydrogens (tertiary/aromatic N) is 4. The van der Waals surface area contributed by atoms with Crippen molar-refractivity contribution in [3.63, 3.8) is 0 Å². The second-order valence-corrected chi connectivity index (χ2v) is 21.3. The van der Waals surface area contributed by atoms with Crippen molar-refractivity contribution in [3.05, 3.63) is 115 Å². The Morgan fingerprint density at radius 2 is 1.62 bits per heavy atom. The Morgan fingerprint density at radius 3 is 2.33 bits per heavy atom. The summed E-state index contributed by atoms with van der Waals surface area (Å²) in [6.45, 7) is -0.848. The number of aromatic nitrogens is 4. The smallest absolute Gasteiger partial charge is 0.343 e. The molecule has 2 aliphatic heterocycles. The first-order valence-corrected chi connectivity index (χ1v) is 27.3. The number of benzene rings is 2. The van der Waals surface area contributed by atoms with Crippen LogP contribution in [0.5, 0.6) is 0 Å². The lowest BCUT2D eigenvalue weighted by Crippen LogP contribution is -2.52. The van der Waals surface area contributed by atoms with E-state index in [1.165, 1.54) is 29.1 Å². The number of sulfone groups is 1. The number of halogens is 2. The molecule has 0 spiro atoms. The molecule has 79 heavy (non-hydrogen) atoms. The zero-order valence-corrected chi connectivity index (χ0v) is 44.3. The zero-order valence-electron chi connectivity index (χ0n) is 42.7. The number of esters is 1. The Hall–Kier alpha value is -8.18. The molecule has 3 aromatic heterocycles. The quantitative estimate of drug-likeness (QED) is 0.0163. The summed E-state index contributed by atoms with van der Waals surface area (Å²) in [5, 5.41) is 26.5. The van der Waals surface area contributed by atoms with Gasteiger partial charge in [-0.05, 0) is 54.9 Å². The minimum Gasteiger partial charge on any atom is -0.458 e. The van der Waals surface area contributed by atoms with E-state index in [1.807, 2.05) is 0 Å². The summed E-state index contributed by atoms with van der Waals surface area (Å²) in [6, 6.07) is 11.6. The lowest BCUT2D eigenvalue weighted by Gasteiger charge is -2.31. The fraction of sp³-hybridized carbons (Fsp3) is 0.377. The van der Waals surface area contributed by atoms with Crippen molar-refractivity contribution in [1.29, 1.82) is 0 Å². The Kier molecular flexibility index (Phi) is 17.8. The molecule has 23 nitrogen and oxygen atoms in total. The number of carbonyl (C=O) groups excluding carboxylic acids is 7. The number of amides is 6. The first kappa shape index (κ1) is 57.0. The molecule has 414 valence electrons. The van der Waals surface area contributed by atoms with Gasteiger partial charge in [0.15, 0.2) is 5.60 Å². The highest BCUT2D eigenvalue weighted by Crippen LogP contribution is 2.41. The fourth-order valence-electron chi connectivity index (χ4n) is 8.91. The first-order valence-electron chi connectivity index (χ1n) is 25.0. The number of aliphatic hydroxyl groups is 1. The topological polar surface area (TPSA) is 325 Å². The highest BCUT2D eigenvalue weighted by Gasteiger charge is 2.46. The lowest BCUT2D eigenvalue weighted by atomic mass is 9.86. The summed E-state index contributed by atoms with van der Waals surface area (Å²) in [7, 11) is -3.55. The van der Waals surface area contributed by atoms with E-state index in [0.717, 1.165) is 12.3 Å². The zero-order chi connectivity index (χ0) is 56.6. The number of fused-ring (bicyclic) bond motifs is 5. The van der Waals surface area contributed by atoms with E-state index >= 15 is 0 Å². The molecule has 8 rings (SSSR count). The average molecular weight is 1130 g/mol. The number of cyclic esters (lactones) is 1. The molecule has 1 fully saturated rings.